The molecule has 0 amide bonds. The number of aromatic nitrogens is 4. The first-order valence-electron chi connectivity index (χ1n) is 5.13. The minimum absolute atomic E-state index is 0.232. The van der Waals surface area contributed by atoms with Gasteiger partial charge in [-0.15, -0.1) is 10.2 Å². The molecule has 2 rings (SSSR count). The molecular weight excluding hydrogens is 192 g/mol. The molecule has 1 aliphatic heterocycles. The Balaban J connectivity index is 1.85. The Morgan fingerprint density at radius 1 is 1.47 bits per heavy atom. The number of tetrazole rings is 1. The molecule has 1 aliphatic rings. The van der Waals surface area contributed by atoms with Gasteiger partial charge in [0.2, 0.25) is 0 Å². The Morgan fingerprint density at radius 2 is 2.20 bits per heavy atom. The van der Waals surface area contributed by atoms with E-state index in [0.717, 1.165) is 38.3 Å². The van der Waals surface area contributed by atoms with Crippen LogP contribution in [0.5, 0.6) is 0 Å². The molecule has 0 bridgehead atoms. The van der Waals surface area contributed by atoms with E-state index in [4.69, 9.17) is 5.26 Å². The third kappa shape index (κ3) is 2.50. The molecule has 6 heteroatoms. The second kappa shape index (κ2) is 4.36. The molecule has 0 unspecified atom stereocenters. The summed E-state index contributed by atoms with van der Waals surface area (Å²) in [6.45, 7) is 2.65. The van der Waals surface area contributed by atoms with Crippen LogP contribution in [0, 0.1) is 17.2 Å². The maximum absolute atomic E-state index is 8.76. The summed E-state index contributed by atoms with van der Waals surface area (Å²) in [4.78, 5) is 3.74. The van der Waals surface area contributed by atoms with Crippen LogP contribution in [0.1, 0.15) is 18.7 Å². The molecule has 0 N–H and O–H groups in total. The highest BCUT2D eigenvalue weighted by Crippen LogP contribution is 2.16. The van der Waals surface area contributed by atoms with E-state index in [1.807, 2.05) is 0 Å². The van der Waals surface area contributed by atoms with Crippen molar-refractivity contribution in [3.8, 4) is 6.07 Å². The van der Waals surface area contributed by atoms with Crippen LogP contribution < -0.4 is 0 Å². The fourth-order valence-electron chi connectivity index (χ4n) is 1.81. The standard InChI is InChI=1S/C9H14N6/c1-14-12-9(11-13-14)7-15-4-2-8(6-10)3-5-15/h8H,2-5,7H2,1H3. The zero-order chi connectivity index (χ0) is 10.7. The van der Waals surface area contributed by atoms with Gasteiger partial charge in [-0.2, -0.15) is 10.1 Å². The van der Waals surface area contributed by atoms with Gasteiger partial charge < -0.3 is 0 Å². The third-order valence-corrected chi connectivity index (χ3v) is 2.68. The van der Waals surface area contributed by atoms with Gasteiger partial charge in [0.15, 0.2) is 5.82 Å². The van der Waals surface area contributed by atoms with E-state index in [1.54, 1.807) is 7.05 Å². The summed E-state index contributed by atoms with van der Waals surface area (Å²) in [6.07, 6.45) is 1.91. The van der Waals surface area contributed by atoms with E-state index in [1.165, 1.54) is 4.80 Å². The zero-order valence-corrected chi connectivity index (χ0v) is 8.80. The normalized spacial score (nSPS) is 18.9. The number of aryl methyl sites for hydroxylation is 1. The van der Waals surface area contributed by atoms with E-state index in [-0.39, 0.29) is 5.92 Å². The molecule has 0 saturated carbocycles. The Hall–Kier alpha value is -1.48. The minimum Gasteiger partial charge on any atom is -0.296 e. The van der Waals surface area contributed by atoms with Crippen LogP contribution in [0.4, 0.5) is 0 Å². The van der Waals surface area contributed by atoms with Gasteiger partial charge in [-0.3, -0.25) is 4.90 Å². The lowest BCUT2D eigenvalue weighted by atomic mass is 9.99. The number of piperidine rings is 1. The Morgan fingerprint density at radius 3 is 2.73 bits per heavy atom. The van der Waals surface area contributed by atoms with E-state index in [0.29, 0.717) is 0 Å². The molecule has 1 saturated heterocycles. The maximum atomic E-state index is 8.76. The van der Waals surface area contributed by atoms with Crippen molar-refractivity contribution in [1.82, 2.24) is 25.1 Å². The van der Waals surface area contributed by atoms with Crippen molar-refractivity contribution >= 4 is 0 Å². The first-order chi connectivity index (χ1) is 7.28. The maximum Gasteiger partial charge on any atom is 0.188 e. The predicted molar refractivity (Wildman–Crippen MR) is 52.4 cm³/mol. The molecule has 1 aromatic rings. The Bertz CT molecular complexity index is 357. The van der Waals surface area contributed by atoms with Crippen molar-refractivity contribution in [3.05, 3.63) is 5.82 Å². The van der Waals surface area contributed by atoms with Crippen molar-refractivity contribution in [2.24, 2.45) is 13.0 Å². The van der Waals surface area contributed by atoms with E-state index >= 15 is 0 Å². The van der Waals surface area contributed by atoms with Crippen LogP contribution in [0.25, 0.3) is 0 Å². The first-order valence-corrected chi connectivity index (χ1v) is 5.13. The number of nitrogens with zero attached hydrogens (tertiary/aromatic N) is 6. The van der Waals surface area contributed by atoms with Crippen LogP contribution in [0.2, 0.25) is 0 Å². The second-order valence-electron chi connectivity index (χ2n) is 3.87. The number of nitriles is 1. The molecule has 0 atom stereocenters. The summed E-state index contributed by atoms with van der Waals surface area (Å²) in [5.74, 6) is 0.990. The van der Waals surface area contributed by atoms with Crippen LogP contribution in [-0.4, -0.2) is 38.2 Å². The predicted octanol–water partition coefficient (Wildman–Crippen LogP) is -0.0543. The van der Waals surface area contributed by atoms with Crippen molar-refractivity contribution < 1.29 is 0 Å². The largest absolute Gasteiger partial charge is 0.296 e. The molecule has 2 heterocycles. The average Bonchev–Trinajstić information content (AvgIpc) is 2.65. The first kappa shape index (κ1) is 10.1. The van der Waals surface area contributed by atoms with Crippen molar-refractivity contribution in [2.75, 3.05) is 13.1 Å². The summed E-state index contributed by atoms with van der Waals surface area (Å²) < 4.78 is 0. The lowest BCUT2D eigenvalue weighted by Gasteiger charge is -2.27. The van der Waals surface area contributed by atoms with Crippen LogP contribution >= 0.6 is 0 Å². The Kier molecular flexibility index (Phi) is 2.92. The van der Waals surface area contributed by atoms with Crippen molar-refractivity contribution in [2.45, 2.75) is 19.4 Å². The molecule has 1 aromatic heterocycles. The smallest absolute Gasteiger partial charge is 0.188 e. The van der Waals surface area contributed by atoms with Crippen molar-refractivity contribution in [3.63, 3.8) is 0 Å². The van der Waals surface area contributed by atoms with Crippen LogP contribution in [0.15, 0.2) is 0 Å². The monoisotopic (exact) mass is 206 g/mol. The highest BCUT2D eigenvalue weighted by atomic mass is 15.6. The minimum atomic E-state index is 0.232. The van der Waals surface area contributed by atoms with Gasteiger partial charge in [-0.1, -0.05) is 0 Å². The molecule has 0 aromatic carbocycles. The lowest BCUT2D eigenvalue weighted by molar-refractivity contribution is 0.193. The number of hydrogen-bond donors (Lipinski definition) is 0. The van der Waals surface area contributed by atoms with Gasteiger partial charge in [-0.05, 0) is 31.1 Å². The second-order valence-corrected chi connectivity index (χ2v) is 3.87. The molecule has 80 valence electrons. The highest BCUT2D eigenvalue weighted by Gasteiger charge is 2.19. The summed E-state index contributed by atoms with van der Waals surface area (Å²) in [7, 11) is 1.76. The fraction of sp³-hybridized carbons (Fsp3) is 0.778. The van der Waals surface area contributed by atoms with Gasteiger partial charge in [0.25, 0.3) is 0 Å². The zero-order valence-electron chi connectivity index (χ0n) is 8.80. The Labute approximate surface area is 88.5 Å². The lowest BCUT2D eigenvalue weighted by Crippen LogP contribution is -2.33. The van der Waals surface area contributed by atoms with Gasteiger partial charge in [-0.25, -0.2) is 0 Å². The van der Waals surface area contributed by atoms with E-state index in [9.17, 15) is 0 Å². The highest BCUT2D eigenvalue weighted by molar-refractivity contribution is 4.88. The number of rotatable bonds is 2. The molecule has 15 heavy (non-hydrogen) atoms. The molecule has 6 nitrogen and oxygen atoms in total. The fourth-order valence-corrected chi connectivity index (χ4v) is 1.81. The van der Waals surface area contributed by atoms with Gasteiger partial charge in [0.05, 0.1) is 19.7 Å². The molecule has 0 aliphatic carbocycles. The van der Waals surface area contributed by atoms with Gasteiger partial charge in [0, 0.05) is 5.92 Å². The quantitative estimate of drug-likeness (QED) is 0.678. The van der Waals surface area contributed by atoms with Crippen LogP contribution in [-0.2, 0) is 13.6 Å². The average molecular weight is 206 g/mol. The summed E-state index contributed by atoms with van der Waals surface area (Å²) in [6, 6.07) is 2.32. The van der Waals surface area contributed by atoms with E-state index in [2.05, 4.69) is 26.4 Å². The summed E-state index contributed by atoms with van der Waals surface area (Å²) >= 11 is 0. The number of hydrogen-bond acceptors (Lipinski definition) is 5. The summed E-state index contributed by atoms with van der Waals surface area (Å²) in [5.41, 5.74) is 0. The van der Waals surface area contributed by atoms with E-state index < -0.39 is 0 Å². The van der Waals surface area contributed by atoms with Gasteiger partial charge in [0.1, 0.15) is 0 Å². The van der Waals surface area contributed by atoms with Gasteiger partial charge >= 0.3 is 0 Å². The third-order valence-electron chi connectivity index (χ3n) is 2.68. The topological polar surface area (TPSA) is 70.6 Å². The van der Waals surface area contributed by atoms with Crippen molar-refractivity contribution in [1.29, 1.82) is 5.26 Å². The number of likely N-dealkylation sites (tertiary alicyclic amines) is 1. The molecular formula is C9H14N6. The molecule has 0 spiro atoms. The SMILES string of the molecule is Cn1nnc(CN2CCC(C#N)CC2)n1. The summed E-state index contributed by atoms with van der Waals surface area (Å²) in [5, 5.41) is 20.6. The van der Waals surface area contributed by atoms with Crippen LogP contribution in [0.3, 0.4) is 0 Å². The molecule has 0 radical (unpaired) electrons. The molecule has 1 fully saturated rings.